The monoisotopic (exact) mass is 325 g/mol. The van der Waals surface area contributed by atoms with E-state index in [1.807, 2.05) is 0 Å². The number of methoxy groups -OCH3 is 1. The van der Waals surface area contributed by atoms with Crippen molar-refractivity contribution in [2.75, 3.05) is 12.8 Å². The molecule has 4 nitrogen and oxygen atoms in total. The molecule has 1 rings (SSSR count). The van der Waals surface area contributed by atoms with E-state index in [-0.39, 0.29) is 20.6 Å². The molecule has 82 valence electrons. The number of carboxylic acid groups (broad SMARTS) is 1. The maximum absolute atomic E-state index is 13.6. The van der Waals surface area contributed by atoms with Gasteiger partial charge in [0, 0.05) is 0 Å². The van der Waals surface area contributed by atoms with Crippen molar-refractivity contribution in [2.45, 2.75) is 6.92 Å². The van der Waals surface area contributed by atoms with E-state index < -0.39 is 11.8 Å². The van der Waals surface area contributed by atoms with Crippen LogP contribution in [-0.2, 0) is 0 Å². The number of ether oxygens (including phenoxy) is 1. The first-order chi connectivity index (χ1) is 6.91. The average Bonchev–Trinajstić information content (AvgIpc) is 2.15. The van der Waals surface area contributed by atoms with Crippen LogP contribution in [0.15, 0.2) is 0 Å². The number of anilines is 1. The highest BCUT2D eigenvalue weighted by Gasteiger charge is 2.23. The standard InChI is InChI=1S/C9H9FINO3/c1-3-4(9(13)14)7(12)8(15-2)5(10)6(3)11/h12H2,1-2H3,(H,13,14). The van der Waals surface area contributed by atoms with Crippen molar-refractivity contribution in [2.24, 2.45) is 0 Å². The van der Waals surface area contributed by atoms with Gasteiger partial charge in [0.2, 0.25) is 0 Å². The fourth-order valence-corrected chi connectivity index (χ4v) is 1.80. The third-order valence-electron chi connectivity index (χ3n) is 2.03. The van der Waals surface area contributed by atoms with E-state index >= 15 is 0 Å². The highest BCUT2D eigenvalue weighted by Crippen LogP contribution is 2.35. The van der Waals surface area contributed by atoms with Gasteiger partial charge in [-0.05, 0) is 35.1 Å². The van der Waals surface area contributed by atoms with E-state index in [1.54, 1.807) is 22.6 Å². The van der Waals surface area contributed by atoms with Crippen LogP contribution in [0.3, 0.4) is 0 Å². The molecular formula is C9H9FINO3. The minimum Gasteiger partial charge on any atom is -0.492 e. The minimum absolute atomic E-state index is 0.113. The van der Waals surface area contributed by atoms with Crippen LogP contribution in [0.1, 0.15) is 15.9 Å². The topological polar surface area (TPSA) is 72.5 Å². The number of carboxylic acids is 1. The second-order valence-electron chi connectivity index (χ2n) is 2.88. The predicted molar refractivity (Wildman–Crippen MR) is 61.8 cm³/mol. The third kappa shape index (κ3) is 1.85. The van der Waals surface area contributed by atoms with Crippen LogP contribution in [0.2, 0.25) is 0 Å². The number of rotatable bonds is 2. The Bertz CT molecular complexity index is 434. The van der Waals surface area contributed by atoms with Crippen molar-refractivity contribution in [3.8, 4) is 5.75 Å². The molecule has 1 aromatic rings. The molecule has 0 aliphatic heterocycles. The second kappa shape index (κ2) is 4.21. The number of aromatic carboxylic acids is 1. The summed E-state index contributed by atoms with van der Waals surface area (Å²) in [5, 5.41) is 8.92. The molecule has 0 atom stereocenters. The van der Waals surface area contributed by atoms with Crippen LogP contribution in [0, 0.1) is 16.3 Å². The highest BCUT2D eigenvalue weighted by molar-refractivity contribution is 14.1. The quantitative estimate of drug-likeness (QED) is 0.645. The normalized spacial score (nSPS) is 10.1. The first-order valence-electron chi connectivity index (χ1n) is 3.96. The Morgan fingerprint density at radius 2 is 2.13 bits per heavy atom. The van der Waals surface area contributed by atoms with Gasteiger partial charge in [0.25, 0.3) is 0 Å². The Kier molecular flexibility index (Phi) is 3.38. The van der Waals surface area contributed by atoms with Crippen LogP contribution in [0.4, 0.5) is 10.1 Å². The summed E-state index contributed by atoms with van der Waals surface area (Å²) in [4.78, 5) is 10.9. The maximum Gasteiger partial charge on any atom is 0.338 e. The molecular weight excluding hydrogens is 316 g/mol. The molecule has 0 bridgehead atoms. The van der Waals surface area contributed by atoms with E-state index in [0.717, 1.165) is 0 Å². The number of carbonyl (C=O) groups is 1. The summed E-state index contributed by atoms with van der Waals surface area (Å²) in [5.74, 6) is -2.04. The summed E-state index contributed by atoms with van der Waals surface area (Å²) in [5.41, 5.74) is 5.53. The minimum atomic E-state index is -1.19. The Morgan fingerprint density at radius 3 is 2.53 bits per heavy atom. The number of hydrogen-bond acceptors (Lipinski definition) is 3. The Hall–Kier alpha value is -1.05. The number of nitrogen functional groups attached to an aromatic ring is 1. The number of hydrogen-bond donors (Lipinski definition) is 2. The van der Waals surface area contributed by atoms with E-state index in [9.17, 15) is 9.18 Å². The largest absolute Gasteiger partial charge is 0.492 e. The van der Waals surface area contributed by atoms with Gasteiger partial charge in [0.15, 0.2) is 11.6 Å². The van der Waals surface area contributed by atoms with Crippen molar-refractivity contribution >= 4 is 34.2 Å². The fourth-order valence-electron chi connectivity index (χ4n) is 1.28. The summed E-state index contributed by atoms with van der Waals surface area (Å²) in [7, 11) is 1.24. The molecule has 0 amide bonds. The lowest BCUT2D eigenvalue weighted by molar-refractivity contribution is 0.0696. The van der Waals surface area contributed by atoms with Gasteiger partial charge in [-0.25, -0.2) is 9.18 Å². The average molecular weight is 325 g/mol. The molecule has 0 saturated heterocycles. The van der Waals surface area contributed by atoms with E-state index in [4.69, 9.17) is 15.6 Å². The molecule has 0 spiro atoms. The van der Waals surface area contributed by atoms with Crippen LogP contribution in [0.5, 0.6) is 5.75 Å². The molecule has 6 heteroatoms. The van der Waals surface area contributed by atoms with Crippen LogP contribution in [-0.4, -0.2) is 18.2 Å². The molecule has 1 aromatic carbocycles. The van der Waals surface area contributed by atoms with Crippen LogP contribution < -0.4 is 10.5 Å². The number of nitrogens with two attached hydrogens (primary N) is 1. The van der Waals surface area contributed by atoms with E-state index in [0.29, 0.717) is 5.56 Å². The Labute approximate surface area is 99.4 Å². The summed E-state index contributed by atoms with van der Waals surface area (Å²) in [6.07, 6.45) is 0. The lowest BCUT2D eigenvalue weighted by Gasteiger charge is -2.13. The van der Waals surface area contributed by atoms with Gasteiger partial charge in [-0.3, -0.25) is 0 Å². The molecule has 15 heavy (non-hydrogen) atoms. The third-order valence-corrected chi connectivity index (χ3v) is 3.31. The zero-order valence-corrected chi connectivity index (χ0v) is 10.3. The Morgan fingerprint density at radius 1 is 1.60 bits per heavy atom. The lowest BCUT2D eigenvalue weighted by Crippen LogP contribution is -2.10. The van der Waals surface area contributed by atoms with E-state index in [1.165, 1.54) is 14.0 Å². The van der Waals surface area contributed by atoms with Gasteiger partial charge < -0.3 is 15.6 Å². The molecule has 0 saturated carbocycles. The van der Waals surface area contributed by atoms with Gasteiger partial charge in [-0.15, -0.1) is 0 Å². The van der Waals surface area contributed by atoms with Gasteiger partial charge in [0.1, 0.15) is 0 Å². The lowest BCUT2D eigenvalue weighted by atomic mass is 10.1. The van der Waals surface area contributed by atoms with Gasteiger partial charge >= 0.3 is 5.97 Å². The van der Waals surface area contributed by atoms with Crippen LogP contribution in [0.25, 0.3) is 0 Å². The van der Waals surface area contributed by atoms with Gasteiger partial charge in [0.05, 0.1) is 21.9 Å². The van der Waals surface area contributed by atoms with Crippen molar-refractivity contribution in [3.63, 3.8) is 0 Å². The summed E-state index contributed by atoms with van der Waals surface area (Å²) >= 11 is 1.72. The maximum atomic E-state index is 13.6. The molecule has 0 aliphatic rings. The van der Waals surface area contributed by atoms with Crippen molar-refractivity contribution in [1.82, 2.24) is 0 Å². The molecule has 0 unspecified atom stereocenters. The van der Waals surface area contributed by atoms with Crippen LogP contribution >= 0.6 is 22.6 Å². The smallest absolute Gasteiger partial charge is 0.338 e. The van der Waals surface area contributed by atoms with E-state index in [2.05, 4.69) is 0 Å². The van der Waals surface area contributed by atoms with Gasteiger partial charge in [-0.1, -0.05) is 0 Å². The number of benzene rings is 1. The van der Waals surface area contributed by atoms with Crippen molar-refractivity contribution in [1.29, 1.82) is 0 Å². The molecule has 0 heterocycles. The summed E-state index contributed by atoms with van der Waals surface area (Å²) < 4.78 is 18.5. The summed E-state index contributed by atoms with van der Waals surface area (Å²) in [6, 6.07) is 0. The number of halogens is 2. The predicted octanol–water partition coefficient (Wildman–Crippen LogP) is 2.03. The molecule has 0 radical (unpaired) electrons. The molecule has 3 N–H and O–H groups in total. The van der Waals surface area contributed by atoms with Crippen molar-refractivity contribution in [3.05, 3.63) is 20.5 Å². The first-order valence-corrected chi connectivity index (χ1v) is 5.04. The first kappa shape index (κ1) is 12.0. The highest BCUT2D eigenvalue weighted by atomic mass is 127. The second-order valence-corrected chi connectivity index (χ2v) is 3.96. The fraction of sp³-hybridized carbons (Fsp3) is 0.222. The summed E-state index contributed by atoms with van der Waals surface area (Å²) in [6.45, 7) is 1.50. The Balaban J connectivity index is 3.68. The zero-order valence-electron chi connectivity index (χ0n) is 8.10. The molecule has 0 aliphatic carbocycles. The van der Waals surface area contributed by atoms with Gasteiger partial charge in [-0.2, -0.15) is 0 Å². The SMILES string of the molecule is COc1c(N)c(C(=O)O)c(C)c(I)c1F. The molecule has 0 aromatic heterocycles. The zero-order chi connectivity index (χ0) is 11.7. The molecule has 0 fully saturated rings. The van der Waals surface area contributed by atoms with Crippen molar-refractivity contribution < 1.29 is 19.0 Å².